The number of carboxylic acid groups (broad SMARTS) is 1. The van der Waals surface area contributed by atoms with Gasteiger partial charge in [-0.1, -0.05) is 6.07 Å². The Bertz CT molecular complexity index is 444. The molecule has 7 heteroatoms. The molecule has 7 nitrogen and oxygen atoms in total. The third-order valence-electron chi connectivity index (χ3n) is 2.22. The number of phenols is 1. The molecule has 0 aliphatic carbocycles. The normalized spacial score (nSPS) is 12.1. The van der Waals surface area contributed by atoms with Crippen LogP contribution < -0.4 is 0 Å². The van der Waals surface area contributed by atoms with Crippen LogP contribution in [0.3, 0.4) is 0 Å². The van der Waals surface area contributed by atoms with Gasteiger partial charge in [0.25, 0.3) is 0 Å². The van der Waals surface area contributed by atoms with Crippen molar-refractivity contribution in [2.75, 3.05) is 7.11 Å². The first-order valence-corrected chi connectivity index (χ1v) is 4.67. The molecule has 1 aromatic carbocycles. The third-order valence-corrected chi connectivity index (χ3v) is 2.22. The lowest BCUT2D eigenvalue weighted by Crippen LogP contribution is -2.24. The number of rotatable bonds is 5. The number of nitrogens with zero attached hydrogens (tertiary/aromatic N) is 1. The Labute approximate surface area is 96.4 Å². The first-order valence-electron chi connectivity index (χ1n) is 4.67. The minimum atomic E-state index is -1.15. The number of carboxylic acids is 1. The molecule has 0 bridgehead atoms. The quantitative estimate of drug-likeness (QED) is 0.586. The second kappa shape index (κ2) is 5.26. The molecule has 0 aromatic heterocycles. The lowest BCUT2D eigenvalue weighted by Gasteiger charge is -2.10. The number of nitro groups is 1. The van der Waals surface area contributed by atoms with Crippen LogP contribution in [0.15, 0.2) is 18.2 Å². The van der Waals surface area contributed by atoms with Crippen LogP contribution in [0.25, 0.3) is 0 Å². The van der Waals surface area contributed by atoms with Crippen molar-refractivity contribution in [2.24, 2.45) is 0 Å². The van der Waals surface area contributed by atoms with Crippen molar-refractivity contribution >= 4 is 11.7 Å². The summed E-state index contributed by atoms with van der Waals surface area (Å²) < 4.78 is 4.71. The van der Waals surface area contributed by atoms with Gasteiger partial charge < -0.3 is 14.9 Å². The van der Waals surface area contributed by atoms with Crippen LogP contribution in [-0.2, 0) is 16.0 Å². The molecule has 2 N–H and O–H groups in total. The van der Waals surface area contributed by atoms with E-state index in [9.17, 15) is 20.0 Å². The summed E-state index contributed by atoms with van der Waals surface area (Å²) in [7, 11) is 1.24. The predicted molar refractivity (Wildman–Crippen MR) is 56.9 cm³/mol. The average Bonchev–Trinajstić information content (AvgIpc) is 2.27. The number of benzene rings is 1. The highest BCUT2D eigenvalue weighted by Crippen LogP contribution is 2.26. The van der Waals surface area contributed by atoms with E-state index < -0.39 is 28.4 Å². The number of carbonyl (C=O) groups is 1. The smallest absolute Gasteiger partial charge is 0.333 e. The van der Waals surface area contributed by atoms with Crippen molar-refractivity contribution in [3.05, 3.63) is 33.9 Å². The molecule has 1 aromatic rings. The first kappa shape index (κ1) is 12.9. The van der Waals surface area contributed by atoms with Gasteiger partial charge in [-0.05, 0) is 11.6 Å². The van der Waals surface area contributed by atoms with E-state index in [1.165, 1.54) is 13.2 Å². The van der Waals surface area contributed by atoms with Crippen molar-refractivity contribution in [2.45, 2.75) is 12.5 Å². The van der Waals surface area contributed by atoms with Crippen LogP contribution in [0.2, 0.25) is 0 Å². The molecular formula is C10H11NO6. The van der Waals surface area contributed by atoms with E-state index in [0.29, 0.717) is 5.56 Å². The lowest BCUT2D eigenvalue weighted by molar-refractivity contribution is -0.385. The molecule has 92 valence electrons. The largest absolute Gasteiger partial charge is 0.502 e. The molecule has 0 aliphatic rings. The van der Waals surface area contributed by atoms with E-state index in [-0.39, 0.29) is 6.42 Å². The molecule has 1 unspecified atom stereocenters. The predicted octanol–water partition coefficient (Wildman–Crippen LogP) is 0.942. The highest BCUT2D eigenvalue weighted by Gasteiger charge is 2.20. The van der Waals surface area contributed by atoms with Crippen LogP contribution in [0, 0.1) is 10.1 Å². The van der Waals surface area contributed by atoms with Crippen molar-refractivity contribution in [1.82, 2.24) is 0 Å². The maximum atomic E-state index is 10.7. The maximum absolute atomic E-state index is 10.7. The second-order valence-corrected chi connectivity index (χ2v) is 3.35. The van der Waals surface area contributed by atoms with Crippen molar-refractivity contribution in [1.29, 1.82) is 0 Å². The number of ether oxygens (including phenoxy) is 1. The van der Waals surface area contributed by atoms with Gasteiger partial charge in [-0.15, -0.1) is 0 Å². The Morgan fingerprint density at radius 2 is 2.24 bits per heavy atom. The van der Waals surface area contributed by atoms with Gasteiger partial charge in [0.2, 0.25) is 0 Å². The van der Waals surface area contributed by atoms with E-state index in [2.05, 4.69) is 0 Å². The molecule has 0 fully saturated rings. The minimum absolute atomic E-state index is 0.00699. The highest BCUT2D eigenvalue weighted by molar-refractivity contribution is 5.72. The van der Waals surface area contributed by atoms with Crippen molar-refractivity contribution in [3.8, 4) is 5.75 Å². The molecule has 17 heavy (non-hydrogen) atoms. The fraction of sp³-hybridized carbons (Fsp3) is 0.300. The van der Waals surface area contributed by atoms with E-state index in [0.717, 1.165) is 12.1 Å². The van der Waals surface area contributed by atoms with Gasteiger partial charge in [-0.25, -0.2) is 4.79 Å². The third kappa shape index (κ3) is 3.15. The van der Waals surface area contributed by atoms with E-state index in [1.807, 2.05) is 0 Å². The van der Waals surface area contributed by atoms with Crippen LogP contribution in [0.5, 0.6) is 5.75 Å². The number of aromatic hydroxyl groups is 1. The summed E-state index contributed by atoms with van der Waals surface area (Å²) in [6.07, 6.45) is -1.08. The van der Waals surface area contributed by atoms with E-state index in [4.69, 9.17) is 9.84 Å². The van der Waals surface area contributed by atoms with E-state index >= 15 is 0 Å². The Hall–Kier alpha value is -2.15. The molecule has 0 aliphatic heterocycles. The number of nitro benzene ring substituents is 1. The van der Waals surface area contributed by atoms with Crippen molar-refractivity contribution < 1.29 is 24.7 Å². The summed E-state index contributed by atoms with van der Waals surface area (Å²) in [5, 5.41) is 28.5. The van der Waals surface area contributed by atoms with Gasteiger partial charge in [0.05, 0.1) is 4.92 Å². The number of methoxy groups -OCH3 is 1. The molecule has 0 radical (unpaired) electrons. The summed E-state index contributed by atoms with van der Waals surface area (Å²) in [6, 6.07) is 3.70. The minimum Gasteiger partial charge on any atom is -0.502 e. The molecule has 1 rings (SSSR count). The van der Waals surface area contributed by atoms with Gasteiger partial charge in [-0.3, -0.25) is 10.1 Å². The Morgan fingerprint density at radius 3 is 2.71 bits per heavy atom. The van der Waals surface area contributed by atoms with Crippen LogP contribution >= 0.6 is 0 Å². The fourth-order valence-electron chi connectivity index (χ4n) is 1.33. The molecule has 0 saturated heterocycles. The van der Waals surface area contributed by atoms with Gasteiger partial charge >= 0.3 is 11.7 Å². The van der Waals surface area contributed by atoms with Crippen LogP contribution in [-0.4, -0.2) is 34.3 Å². The standard InChI is InChI=1S/C10H11NO6/c1-17-9(10(13)14)5-6-2-3-8(12)7(4-6)11(15)16/h2-4,9,12H,5H2,1H3,(H,13,14). The molecular weight excluding hydrogens is 230 g/mol. The second-order valence-electron chi connectivity index (χ2n) is 3.35. The average molecular weight is 241 g/mol. The number of hydrogen-bond acceptors (Lipinski definition) is 5. The zero-order valence-electron chi connectivity index (χ0n) is 8.99. The summed E-state index contributed by atoms with van der Waals surface area (Å²) in [5.74, 6) is -1.61. The molecule has 0 amide bonds. The monoisotopic (exact) mass is 241 g/mol. The number of hydrogen-bond donors (Lipinski definition) is 2. The van der Waals surface area contributed by atoms with Crippen LogP contribution in [0.4, 0.5) is 5.69 Å². The maximum Gasteiger partial charge on any atom is 0.333 e. The SMILES string of the molecule is COC(Cc1ccc(O)c([N+](=O)[O-])c1)C(=O)O. The Balaban J connectivity index is 2.96. The fourth-order valence-corrected chi connectivity index (χ4v) is 1.33. The van der Waals surface area contributed by atoms with Gasteiger partial charge in [-0.2, -0.15) is 0 Å². The topological polar surface area (TPSA) is 110 Å². The summed E-state index contributed by atoms with van der Waals surface area (Å²) in [4.78, 5) is 20.5. The first-order chi connectivity index (χ1) is 7.95. The van der Waals surface area contributed by atoms with Crippen LogP contribution in [0.1, 0.15) is 5.56 Å². The van der Waals surface area contributed by atoms with Gasteiger partial charge in [0.15, 0.2) is 11.9 Å². The lowest BCUT2D eigenvalue weighted by atomic mass is 10.1. The zero-order valence-corrected chi connectivity index (χ0v) is 8.99. The van der Waals surface area contributed by atoms with Gasteiger partial charge in [0, 0.05) is 19.6 Å². The molecule has 0 spiro atoms. The highest BCUT2D eigenvalue weighted by atomic mass is 16.6. The van der Waals surface area contributed by atoms with E-state index in [1.54, 1.807) is 0 Å². The molecule has 1 atom stereocenters. The summed E-state index contributed by atoms with van der Waals surface area (Å²) >= 11 is 0. The summed E-state index contributed by atoms with van der Waals surface area (Å²) in [6.45, 7) is 0. The summed E-state index contributed by atoms with van der Waals surface area (Å²) in [5.41, 5.74) is -0.0495. The number of phenolic OH excluding ortho intramolecular Hbond substituents is 1. The van der Waals surface area contributed by atoms with Gasteiger partial charge in [0.1, 0.15) is 0 Å². The van der Waals surface area contributed by atoms with Crippen molar-refractivity contribution in [3.63, 3.8) is 0 Å². The Morgan fingerprint density at radius 1 is 1.59 bits per heavy atom. The Kier molecular flexibility index (Phi) is 4.00. The number of aliphatic carboxylic acids is 1. The zero-order chi connectivity index (χ0) is 13.0. The molecule has 0 saturated carbocycles. The molecule has 0 heterocycles.